The monoisotopic (exact) mass is 447 g/mol. The molecule has 120 valence electrons. The first-order valence-electron chi connectivity index (χ1n) is 6.96. The van der Waals surface area contributed by atoms with Gasteiger partial charge in [-0.25, -0.2) is 4.98 Å². The first-order chi connectivity index (χ1) is 11.5. The van der Waals surface area contributed by atoms with Crippen molar-refractivity contribution in [1.82, 2.24) is 9.55 Å². The summed E-state index contributed by atoms with van der Waals surface area (Å²) in [5.74, 6) is 0.577. The molecular weight excluding hydrogens is 438 g/mol. The first kappa shape index (κ1) is 16.7. The highest BCUT2D eigenvalue weighted by Gasteiger charge is 2.13. The molecule has 0 bridgehead atoms. The molecule has 0 saturated carbocycles. The minimum atomic E-state index is -0.165. The van der Waals surface area contributed by atoms with Crippen molar-refractivity contribution in [3.8, 4) is 11.8 Å². The molecule has 0 atom stereocenters. The standard InChI is InChI=1S/C17H11Br2N3O2/c1-24-15-6-12-14(7-13(15)18)21-17(19)22(16(12)23)9-11-4-2-10(8-20)3-5-11/h2-7H,9H2,1H3. The Hall–Kier alpha value is -2.17. The van der Waals surface area contributed by atoms with E-state index >= 15 is 0 Å². The minimum absolute atomic E-state index is 0.165. The highest BCUT2D eigenvalue weighted by molar-refractivity contribution is 9.10. The molecule has 0 aliphatic carbocycles. The van der Waals surface area contributed by atoms with Gasteiger partial charge in [-0.1, -0.05) is 12.1 Å². The van der Waals surface area contributed by atoms with E-state index in [-0.39, 0.29) is 5.56 Å². The summed E-state index contributed by atoms with van der Waals surface area (Å²) in [4.78, 5) is 17.3. The van der Waals surface area contributed by atoms with Crippen LogP contribution >= 0.6 is 31.9 Å². The van der Waals surface area contributed by atoms with Gasteiger partial charge in [0.25, 0.3) is 5.56 Å². The van der Waals surface area contributed by atoms with Crippen molar-refractivity contribution in [2.45, 2.75) is 6.54 Å². The summed E-state index contributed by atoms with van der Waals surface area (Å²) in [6.45, 7) is 0.354. The lowest BCUT2D eigenvalue weighted by Crippen LogP contribution is -2.23. The molecule has 3 rings (SSSR count). The first-order valence-corrected chi connectivity index (χ1v) is 8.54. The highest BCUT2D eigenvalue weighted by atomic mass is 79.9. The maximum atomic E-state index is 12.8. The van der Waals surface area contributed by atoms with Crippen LogP contribution in [0, 0.1) is 11.3 Å². The van der Waals surface area contributed by atoms with Gasteiger partial charge in [-0.3, -0.25) is 9.36 Å². The van der Waals surface area contributed by atoms with E-state index in [0.29, 0.717) is 33.5 Å². The number of methoxy groups -OCH3 is 1. The number of nitriles is 1. The van der Waals surface area contributed by atoms with Gasteiger partial charge in [0.15, 0.2) is 4.73 Å². The smallest absolute Gasteiger partial charge is 0.262 e. The van der Waals surface area contributed by atoms with Crippen molar-refractivity contribution < 1.29 is 4.74 Å². The van der Waals surface area contributed by atoms with Crippen LogP contribution in [0.15, 0.2) is 50.4 Å². The number of rotatable bonds is 3. The molecule has 3 aromatic rings. The molecule has 1 aromatic heterocycles. The van der Waals surface area contributed by atoms with Crippen LogP contribution in [0.4, 0.5) is 0 Å². The Balaban J connectivity index is 2.12. The van der Waals surface area contributed by atoms with Crippen LogP contribution in [0.2, 0.25) is 0 Å². The van der Waals surface area contributed by atoms with Crippen molar-refractivity contribution in [3.05, 3.63) is 67.1 Å². The van der Waals surface area contributed by atoms with E-state index in [1.54, 1.807) is 31.4 Å². The third-order valence-electron chi connectivity index (χ3n) is 3.60. The van der Waals surface area contributed by atoms with Crippen LogP contribution in [0.5, 0.6) is 5.75 Å². The largest absolute Gasteiger partial charge is 0.496 e. The molecule has 7 heteroatoms. The van der Waals surface area contributed by atoms with Crippen molar-refractivity contribution in [2.75, 3.05) is 7.11 Å². The molecule has 0 fully saturated rings. The number of hydrogen-bond acceptors (Lipinski definition) is 4. The van der Waals surface area contributed by atoms with E-state index in [0.717, 1.165) is 10.0 Å². The minimum Gasteiger partial charge on any atom is -0.496 e. The van der Waals surface area contributed by atoms with Crippen LogP contribution in [-0.4, -0.2) is 16.7 Å². The van der Waals surface area contributed by atoms with E-state index < -0.39 is 0 Å². The lowest BCUT2D eigenvalue weighted by molar-refractivity contribution is 0.412. The molecule has 0 unspecified atom stereocenters. The fraction of sp³-hybridized carbons (Fsp3) is 0.118. The Labute approximate surface area is 154 Å². The third-order valence-corrected chi connectivity index (χ3v) is 4.83. The van der Waals surface area contributed by atoms with Gasteiger partial charge in [-0.2, -0.15) is 5.26 Å². The lowest BCUT2D eigenvalue weighted by atomic mass is 10.1. The molecule has 0 aliphatic heterocycles. The molecular formula is C17H11Br2N3O2. The van der Waals surface area contributed by atoms with Gasteiger partial charge in [0, 0.05) is 0 Å². The Kier molecular flexibility index (Phi) is 4.69. The van der Waals surface area contributed by atoms with Gasteiger partial charge in [-0.05, 0) is 61.7 Å². The molecule has 2 aromatic carbocycles. The molecule has 5 nitrogen and oxygen atoms in total. The Morgan fingerprint density at radius 2 is 1.96 bits per heavy atom. The topological polar surface area (TPSA) is 67.9 Å². The Morgan fingerprint density at radius 1 is 1.25 bits per heavy atom. The second-order valence-corrected chi connectivity index (χ2v) is 6.65. The summed E-state index contributed by atoms with van der Waals surface area (Å²) < 4.78 is 7.98. The summed E-state index contributed by atoms with van der Waals surface area (Å²) >= 11 is 6.76. The van der Waals surface area contributed by atoms with Crippen LogP contribution in [0.25, 0.3) is 10.9 Å². The number of aromatic nitrogens is 2. The number of halogens is 2. The molecule has 24 heavy (non-hydrogen) atoms. The summed E-state index contributed by atoms with van der Waals surface area (Å²) in [5, 5.41) is 9.34. The van der Waals surface area contributed by atoms with E-state index in [4.69, 9.17) is 10.00 Å². The number of benzene rings is 2. The summed E-state index contributed by atoms with van der Waals surface area (Å²) in [5.41, 5.74) is 1.90. The highest BCUT2D eigenvalue weighted by Crippen LogP contribution is 2.28. The Morgan fingerprint density at radius 3 is 2.58 bits per heavy atom. The second-order valence-electron chi connectivity index (χ2n) is 5.08. The zero-order valence-electron chi connectivity index (χ0n) is 12.6. The molecule has 0 N–H and O–H groups in total. The van der Waals surface area contributed by atoms with E-state index in [9.17, 15) is 4.79 Å². The Bertz CT molecular complexity index is 1020. The van der Waals surface area contributed by atoms with E-state index in [1.807, 2.05) is 12.1 Å². The molecule has 0 amide bonds. The van der Waals surface area contributed by atoms with Gasteiger partial charge >= 0.3 is 0 Å². The predicted molar refractivity (Wildman–Crippen MR) is 98.2 cm³/mol. The van der Waals surface area contributed by atoms with Gasteiger partial charge in [0.2, 0.25) is 0 Å². The lowest BCUT2D eigenvalue weighted by Gasteiger charge is -2.11. The normalized spacial score (nSPS) is 10.6. The maximum Gasteiger partial charge on any atom is 0.262 e. The quantitative estimate of drug-likeness (QED) is 0.570. The fourth-order valence-corrected chi connectivity index (χ4v) is 3.33. The summed E-state index contributed by atoms with van der Waals surface area (Å²) in [6, 6.07) is 12.6. The number of hydrogen-bond donors (Lipinski definition) is 0. The van der Waals surface area contributed by atoms with E-state index in [1.165, 1.54) is 4.57 Å². The maximum absolute atomic E-state index is 12.8. The van der Waals surface area contributed by atoms with Gasteiger partial charge in [0.05, 0.1) is 40.7 Å². The van der Waals surface area contributed by atoms with Crippen molar-refractivity contribution in [3.63, 3.8) is 0 Å². The van der Waals surface area contributed by atoms with Crippen molar-refractivity contribution in [2.24, 2.45) is 0 Å². The van der Waals surface area contributed by atoms with E-state index in [2.05, 4.69) is 42.9 Å². The van der Waals surface area contributed by atoms with Crippen LogP contribution < -0.4 is 10.3 Å². The zero-order chi connectivity index (χ0) is 17.3. The van der Waals surface area contributed by atoms with Gasteiger partial charge < -0.3 is 4.74 Å². The number of fused-ring (bicyclic) bond motifs is 1. The van der Waals surface area contributed by atoms with Gasteiger partial charge in [0.1, 0.15) is 5.75 Å². The second kappa shape index (κ2) is 6.75. The molecule has 0 saturated heterocycles. The van der Waals surface area contributed by atoms with Crippen LogP contribution in [-0.2, 0) is 6.54 Å². The number of ether oxygens (including phenoxy) is 1. The van der Waals surface area contributed by atoms with Crippen LogP contribution in [0.3, 0.4) is 0 Å². The molecule has 0 aliphatic rings. The van der Waals surface area contributed by atoms with Gasteiger partial charge in [-0.15, -0.1) is 0 Å². The summed E-state index contributed by atoms with van der Waals surface area (Å²) in [6.07, 6.45) is 0. The fourth-order valence-electron chi connectivity index (χ4n) is 2.36. The summed E-state index contributed by atoms with van der Waals surface area (Å²) in [7, 11) is 1.55. The SMILES string of the molecule is COc1cc2c(=O)n(Cc3ccc(C#N)cc3)c(Br)nc2cc1Br. The molecule has 0 spiro atoms. The molecule has 0 radical (unpaired) electrons. The van der Waals surface area contributed by atoms with Crippen molar-refractivity contribution in [1.29, 1.82) is 5.26 Å². The number of nitrogens with zero attached hydrogens (tertiary/aromatic N) is 3. The molecule has 1 heterocycles. The average molecular weight is 449 g/mol. The van der Waals surface area contributed by atoms with Crippen molar-refractivity contribution >= 4 is 42.8 Å². The average Bonchev–Trinajstić information content (AvgIpc) is 2.59. The zero-order valence-corrected chi connectivity index (χ0v) is 15.8. The third kappa shape index (κ3) is 3.07. The predicted octanol–water partition coefficient (Wildman–Crippen LogP) is 3.85. The van der Waals surface area contributed by atoms with Crippen LogP contribution in [0.1, 0.15) is 11.1 Å².